The van der Waals surface area contributed by atoms with E-state index in [1.54, 1.807) is 6.92 Å². The fourth-order valence-corrected chi connectivity index (χ4v) is 2.11. The first-order valence-electron chi connectivity index (χ1n) is 6.37. The minimum absolute atomic E-state index is 0.121. The average Bonchev–Trinajstić information content (AvgIpc) is 2.45. The van der Waals surface area contributed by atoms with Gasteiger partial charge in [-0.25, -0.2) is 9.18 Å². The molecule has 1 aromatic rings. The predicted octanol–water partition coefficient (Wildman–Crippen LogP) is 1.73. The van der Waals surface area contributed by atoms with Gasteiger partial charge in [0.1, 0.15) is 0 Å². The normalized spacial score (nSPS) is 15.3. The summed E-state index contributed by atoms with van der Waals surface area (Å²) in [6.07, 6.45) is 0.387. The number of halogens is 1. The summed E-state index contributed by atoms with van der Waals surface area (Å²) >= 11 is 0. The molecule has 0 spiro atoms. The van der Waals surface area contributed by atoms with Gasteiger partial charge in [-0.2, -0.15) is 0 Å². The molecule has 0 saturated carbocycles. The minimum Gasteiger partial charge on any atom is -0.463 e. The number of anilines is 2. The summed E-state index contributed by atoms with van der Waals surface area (Å²) in [5.74, 6) is -1.08. The van der Waals surface area contributed by atoms with Crippen LogP contribution in [-0.4, -0.2) is 25.8 Å². The molecule has 2 rings (SSSR count). The first kappa shape index (κ1) is 14.3. The van der Waals surface area contributed by atoms with Crippen LogP contribution in [0.3, 0.4) is 0 Å². The average molecular weight is 280 g/mol. The Balaban J connectivity index is 2.52. The van der Waals surface area contributed by atoms with E-state index in [0.717, 1.165) is 0 Å². The van der Waals surface area contributed by atoms with E-state index in [4.69, 9.17) is 20.9 Å². The highest BCUT2D eigenvalue weighted by molar-refractivity contribution is 5.98. The SMILES string of the molecule is CCOC(=O)C1=C(c2ccc(N)c(N)c2F)COCC1. The maximum Gasteiger partial charge on any atom is 0.334 e. The minimum atomic E-state index is -0.632. The van der Waals surface area contributed by atoms with E-state index < -0.39 is 11.8 Å². The lowest BCUT2D eigenvalue weighted by Crippen LogP contribution is -2.19. The second-order valence-corrected chi connectivity index (χ2v) is 4.41. The van der Waals surface area contributed by atoms with Gasteiger partial charge in [0.2, 0.25) is 0 Å². The van der Waals surface area contributed by atoms with Crippen LogP contribution in [0.25, 0.3) is 5.57 Å². The second kappa shape index (κ2) is 5.92. The van der Waals surface area contributed by atoms with Gasteiger partial charge < -0.3 is 20.9 Å². The fraction of sp³-hybridized carbons (Fsp3) is 0.357. The first-order chi connectivity index (χ1) is 9.56. The zero-order valence-electron chi connectivity index (χ0n) is 11.2. The molecular weight excluding hydrogens is 263 g/mol. The third kappa shape index (κ3) is 2.60. The van der Waals surface area contributed by atoms with Crippen LogP contribution in [-0.2, 0) is 14.3 Å². The lowest BCUT2D eigenvalue weighted by atomic mass is 9.95. The molecule has 0 aliphatic carbocycles. The van der Waals surface area contributed by atoms with Crippen molar-refractivity contribution in [1.29, 1.82) is 0 Å². The molecule has 20 heavy (non-hydrogen) atoms. The maximum atomic E-state index is 14.2. The lowest BCUT2D eigenvalue weighted by molar-refractivity contribution is -0.138. The number of carbonyl (C=O) groups excluding carboxylic acids is 1. The van der Waals surface area contributed by atoms with Crippen molar-refractivity contribution < 1.29 is 18.7 Å². The Labute approximate surface area is 116 Å². The van der Waals surface area contributed by atoms with Crippen molar-refractivity contribution in [3.05, 3.63) is 29.1 Å². The Morgan fingerprint density at radius 1 is 1.45 bits per heavy atom. The van der Waals surface area contributed by atoms with E-state index in [9.17, 15) is 9.18 Å². The van der Waals surface area contributed by atoms with Gasteiger partial charge >= 0.3 is 5.97 Å². The summed E-state index contributed by atoms with van der Waals surface area (Å²) in [5, 5.41) is 0. The van der Waals surface area contributed by atoms with Crippen molar-refractivity contribution in [2.45, 2.75) is 13.3 Å². The van der Waals surface area contributed by atoms with Gasteiger partial charge in [-0.15, -0.1) is 0 Å². The van der Waals surface area contributed by atoms with E-state index >= 15 is 0 Å². The number of carbonyl (C=O) groups is 1. The van der Waals surface area contributed by atoms with Crippen LogP contribution in [0.4, 0.5) is 15.8 Å². The Bertz CT molecular complexity index is 570. The molecule has 0 amide bonds. The van der Waals surface area contributed by atoms with Gasteiger partial charge in [0.15, 0.2) is 5.82 Å². The number of nitrogens with two attached hydrogens (primary N) is 2. The van der Waals surface area contributed by atoms with Gasteiger partial charge in [-0.1, -0.05) is 0 Å². The van der Waals surface area contributed by atoms with Crippen molar-refractivity contribution in [3.63, 3.8) is 0 Å². The van der Waals surface area contributed by atoms with Crippen LogP contribution < -0.4 is 11.5 Å². The lowest BCUT2D eigenvalue weighted by Gasteiger charge is -2.21. The van der Waals surface area contributed by atoms with Gasteiger partial charge in [0.05, 0.1) is 31.2 Å². The molecule has 108 valence electrons. The smallest absolute Gasteiger partial charge is 0.334 e. The highest BCUT2D eigenvalue weighted by Crippen LogP contribution is 2.32. The Morgan fingerprint density at radius 2 is 2.20 bits per heavy atom. The molecule has 4 N–H and O–H groups in total. The number of nitrogen functional groups attached to an aromatic ring is 2. The molecule has 1 heterocycles. The molecule has 0 bridgehead atoms. The van der Waals surface area contributed by atoms with Gasteiger partial charge in [0.25, 0.3) is 0 Å². The topological polar surface area (TPSA) is 87.6 Å². The third-order valence-corrected chi connectivity index (χ3v) is 3.17. The molecule has 0 saturated heterocycles. The molecule has 6 heteroatoms. The van der Waals surface area contributed by atoms with E-state index in [1.807, 2.05) is 0 Å². The molecule has 1 aromatic carbocycles. The highest BCUT2D eigenvalue weighted by atomic mass is 19.1. The third-order valence-electron chi connectivity index (χ3n) is 3.17. The number of rotatable bonds is 3. The summed E-state index contributed by atoms with van der Waals surface area (Å²) in [5.41, 5.74) is 12.3. The Hall–Kier alpha value is -2.08. The predicted molar refractivity (Wildman–Crippen MR) is 74.2 cm³/mol. The van der Waals surface area contributed by atoms with Crippen LogP contribution in [0.5, 0.6) is 0 Å². The number of hydrogen-bond acceptors (Lipinski definition) is 5. The fourth-order valence-electron chi connectivity index (χ4n) is 2.11. The number of ether oxygens (including phenoxy) is 2. The van der Waals surface area contributed by atoms with Crippen molar-refractivity contribution in [2.24, 2.45) is 0 Å². The summed E-state index contributed by atoms with van der Waals surface area (Å²) in [7, 11) is 0. The van der Waals surface area contributed by atoms with Gasteiger partial charge in [-0.05, 0) is 24.6 Å². The van der Waals surface area contributed by atoms with Gasteiger partial charge in [0, 0.05) is 17.6 Å². The second-order valence-electron chi connectivity index (χ2n) is 4.41. The van der Waals surface area contributed by atoms with Crippen molar-refractivity contribution in [1.82, 2.24) is 0 Å². The molecule has 0 radical (unpaired) electrons. The molecular formula is C14H17FN2O3. The summed E-state index contributed by atoms with van der Waals surface area (Å²) < 4.78 is 24.5. The molecule has 0 aromatic heterocycles. The number of benzene rings is 1. The molecule has 0 atom stereocenters. The van der Waals surface area contributed by atoms with Crippen molar-refractivity contribution in [3.8, 4) is 0 Å². The quantitative estimate of drug-likeness (QED) is 0.650. The van der Waals surface area contributed by atoms with Crippen LogP contribution in [0.15, 0.2) is 17.7 Å². The van der Waals surface area contributed by atoms with Crippen molar-refractivity contribution >= 4 is 22.9 Å². The maximum absolute atomic E-state index is 14.2. The van der Waals surface area contributed by atoms with Gasteiger partial charge in [-0.3, -0.25) is 0 Å². The van der Waals surface area contributed by atoms with E-state index in [2.05, 4.69) is 0 Å². The molecule has 0 fully saturated rings. The largest absolute Gasteiger partial charge is 0.463 e. The van der Waals surface area contributed by atoms with E-state index in [-0.39, 0.29) is 30.2 Å². The standard InChI is InChI=1S/C14H17FN2O3/c1-2-20-14(18)9-5-6-19-7-10(9)8-3-4-11(16)13(17)12(8)15/h3-4H,2,5-7,16-17H2,1H3. The summed E-state index contributed by atoms with van der Waals surface area (Å²) in [4.78, 5) is 11.9. The zero-order chi connectivity index (χ0) is 14.7. The number of esters is 1. The van der Waals surface area contributed by atoms with Crippen LogP contribution in [0.1, 0.15) is 18.9 Å². The first-order valence-corrected chi connectivity index (χ1v) is 6.37. The molecule has 0 unspecified atom stereocenters. The Morgan fingerprint density at radius 3 is 2.90 bits per heavy atom. The Kier molecular flexibility index (Phi) is 4.24. The molecule has 5 nitrogen and oxygen atoms in total. The highest BCUT2D eigenvalue weighted by Gasteiger charge is 2.24. The van der Waals surface area contributed by atoms with Crippen molar-refractivity contribution in [2.75, 3.05) is 31.3 Å². The zero-order valence-corrected chi connectivity index (χ0v) is 11.2. The molecule has 1 aliphatic heterocycles. The monoisotopic (exact) mass is 280 g/mol. The summed E-state index contributed by atoms with van der Waals surface area (Å²) in [6.45, 7) is 2.54. The van der Waals surface area contributed by atoms with Crippen LogP contribution in [0, 0.1) is 5.82 Å². The van der Waals surface area contributed by atoms with Crippen LogP contribution >= 0.6 is 0 Å². The summed E-state index contributed by atoms with van der Waals surface area (Å²) in [6, 6.07) is 3.02. The van der Waals surface area contributed by atoms with Crippen LogP contribution in [0.2, 0.25) is 0 Å². The number of hydrogen-bond donors (Lipinski definition) is 2. The molecule has 1 aliphatic rings. The van der Waals surface area contributed by atoms with E-state index in [1.165, 1.54) is 12.1 Å². The van der Waals surface area contributed by atoms with E-state index in [0.29, 0.717) is 24.2 Å².